The smallest absolute Gasteiger partial charge is 0.244 e. The maximum Gasteiger partial charge on any atom is 0.244 e. The number of carbonyl (C=O) groups excluding carboxylic acids is 2. The normalized spacial score (nSPS) is 18.9. The Morgan fingerprint density at radius 3 is 2.75 bits per heavy atom. The molecule has 2 rings (SSSR count). The van der Waals surface area contributed by atoms with E-state index < -0.39 is 0 Å². The number of benzene rings is 1. The molecule has 1 saturated heterocycles. The highest BCUT2D eigenvalue weighted by atomic mass is 16.2. The van der Waals surface area contributed by atoms with Crippen molar-refractivity contribution in [3.8, 4) is 0 Å². The van der Waals surface area contributed by atoms with Crippen LogP contribution < -0.4 is 10.6 Å². The second-order valence-electron chi connectivity index (χ2n) is 4.98. The number of amides is 2. The maximum atomic E-state index is 11.8. The lowest BCUT2D eigenvalue weighted by Crippen LogP contribution is -2.47. The third-order valence-corrected chi connectivity index (χ3v) is 3.43. The predicted octanol–water partition coefficient (Wildman–Crippen LogP) is 1.66. The van der Waals surface area contributed by atoms with E-state index in [0.29, 0.717) is 19.4 Å². The number of rotatable bonds is 4. The van der Waals surface area contributed by atoms with E-state index in [-0.39, 0.29) is 17.9 Å². The Labute approximate surface area is 119 Å². The largest absolute Gasteiger partial charge is 0.354 e. The SMILES string of the molecule is CCc1ccc(C=CC(=O)NC2CCC(=O)NC2)cc1. The molecule has 1 aromatic rings. The second-order valence-corrected chi connectivity index (χ2v) is 4.98. The van der Waals surface area contributed by atoms with E-state index in [0.717, 1.165) is 12.0 Å². The van der Waals surface area contributed by atoms with Gasteiger partial charge in [-0.3, -0.25) is 9.59 Å². The minimum atomic E-state index is -0.120. The number of nitrogens with one attached hydrogen (secondary N) is 2. The Morgan fingerprint density at radius 2 is 2.15 bits per heavy atom. The van der Waals surface area contributed by atoms with Crippen molar-refractivity contribution in [2.24, 2.45) is 0 Å². The third-order valence-electron chi connectivity index (χ3n) is 3.43. The summed E-state index contributed by atoms with van der Waals surface area (Å²) >= 11 is 0. The first-order valence-corrected chi connectivity index (χ1v) is 7.01. The zero-order valence-electron chi connectivity index (χ0n) is 11.7. The lowest BCUT2D eigenvalue weighted by atomic mass is 10.1. The first-order chi connectivity index (χ1) is 9.67. The van der Waals surface area contributed by atoms with E-state index in [1.807, 2.05) is 12.1 Å². The summed E-state index contributed by atoms with van der Waals surface area (Å²) in [6.45, 7) is 2.63. The van der Waals surface area contributed by atoms with Gasteiger partial charge in [-0.25, -0.2) is 0 Å². The minimum absolute atomic E-state index is 0.0346. The summed E-state index contributed by atoms with van der Waals surface area (Å²) in [7, 11) is 0. The molecule has 1 unspecified atom stereocenters. The van der Waals surface area contributed by atoms with Crippen molar-refractivity contribution in [3.05, 3.63) is 41.5 Å². The predicted molar refractivity (Wildman–Crippen MR) is 79.0 cm³/mol. The van der Waals surface area contributed by atoms with Crippen LogP contribution in [0.1, 0.15) is 30.9 Å². The first-order valence-electron chi connectivity index (χ1n) is 7.01. The van der Waals surface area contributed by atoms with Crippen LogP contribution in [0.4, 0.5) is 0 Å². The number of hydrogen-bond donors (Lipinski definition) is 2. The molecule has 1 heterocycles. The van der Waals surface area contributed by atoms with Gasteiger partial charge in [0.25, 0.3) is 0 Å². The lowest BCUT2D eigenvalue weighted by Gasteiger charge is -2.22. The van der Waals surface area contributed by atoms with Gasteiger partial charge in [-0.1, -0.05) is 31.2 Å². The van der Waals surface area contributed by atoms with Crippen LogP contribution in [0.25, 0.3) is 6.08 Å². The fourth-order valence-electron chi connectivity index (χ4n) is 2.14. The molecule has 2 amide bonds. The highest BCUT2D eigenvalue weighted by molar-refractivity contribution is 5.92. The molecular formula is C16H20N2O2. The summed E-state index contributed by atoms with van der Waals surface area (Å²) in [4.78, 5) is 22.8. The van der Waals surface area contributed by atoms with Crippen molar-refractivity contribution in [1.29, 1.82) is 0 Å². The van der Waals surface area contributed by atoms with Gasteiger partial charge in [0, 0.05) is 25.1 Å². The molecule has 0 aliphatic carbocycles. The summed E-state index contributed by atoms with van der Waals surface area (Å²) in [6, 6.07) is 8.17. The van der Waals surface area contributed by atoms with Crippen molar-refractivity contribution in [3.63, 3.8) is 0 Å². The number of piperidine rings is 1. The molecule has 1 atom stereocenters. The van der Waals surface area contributed by atoms with Gasteiger partial charge in [0.1, 0.15) is 0 Å². The fraction of sp³-hybridized carbons (Fsp3) is 0.375. The highest BCUT2D eigenvalue weighted by Crippen LogP contribution is 2.07. The van der Waals surface area contributed by atoms with E-state index in [1.54, 1.807) is 6.08 Å². The molecule has 1 fully saturated rings. The monoisotopic (exact) mass is 272 g/mol. The van der Waals surface area contributed by atoms with Crippen LogP contribution in [0, 0.1) is 0 Å². The summed E-state index contributed by atoms with van der Waals surface area (Å²) in [5.41, 5.74) is 2.29. The Hall–Kier alpha value is -2.10. The number of carbonyl (C=O) groups is 2. The Bertz CT molecular complexity index is 496. The molecule has 4 nitrogen and oxygen atoms in total. The number of hydrogen-bond acceptors (Lipinski definition) is 2. The van der Waals surface area contributed by atoms with Gasteiger partial charge < -0.3 is 10.6 Å². The Balaban J connectivity index is 1.83. The van der Waals surface area contributed by atoms with Crippen LogP contribution in [-0.2, 0) is 16.0 Å². The molecule has 20 heavy (non-hydrogen) atoms. The van der Waals surface area contributed by atoms with Crippen LogP contribution in [0.5, 0.6) is 0 Å². The van der Waals surface area contributed by atoms with Crippen molar-refractivity contribution in [2.75, 3.05) is 6.54 Å². The van der Waals surface area contributed by atoms with Gasteiger partial charge in [0.2, 0.25) is 11.8 Å². The Kier molecular flexibility index (Phi) is 4.93. The average molecular weight is 272 g/mol. The van der Waals surface area contributed by atoms with Gasteiger partial charge in [0.15, 0.2) is 0 Å². The van der Waals surface area contributed by atoms with Crippen LogP contribution in [-0.4, -0.2) is 24.4 Å². The average Bonchev–Trinajstić information content (AvgIpc) is 2.48. The van der Waals surface area contributed by atoms with Gasteiger partial charge >= 0.3 is 0 Å². The molecule has 0 aromatic heterocycles. The molecule has 0 bridgehead atoms. The lowest BCUT2D eigenvalue weighted by molar-refractivity contribution is -0.124. The first kappa shape index (κ1) is 14.3. The summed E-state index contributed by atoms with van der Waals surface area (Å²) in [6.07, 6.45) is 5.54. The van der Waals surface area contributed by atoms with Crippen LogP contribution >= 0.6 is 0 Å². The topological polar surface area (TPSA) is 58.2 Å². The van der Waals surface area contributed by atoms with Crippen LogP contribution in [0.15, 0.2) is 30.3 Å². The number of aryl methyl sites for hydroxylation is 1. The molecular weight excluding hydrogens is 252 g/mol. The van der Waals surface area contributed by atoms with Crippen LogP contribution in [0.2, 0.25) is 0 Å². The zero-order valence-corrected chi connectivity index (χ0v) is 11.7. The molecule has 0 saturated carbocycles. The second kappa shape index (κ2) is 6.89. The summed E-state index contributed by atoms with van der Waals surface area (Å²) in [5, 5.41) is 5.64. The molecule has 0 radical (unpaired) electrons. The molecule has 2 N–H and O–H groups in total. The van der Waals surface area contributed by atoms with Gasteiger partial charge in [-0.05, 0) is 30.0 Å². The van der Waals surface area contributed by atoms with Crippen molar-refractivity contribution in [2.45, 2.75) is 32.2 Å². The van der Waals surface area contributed by atoms with Crippen molar-refractivity contribution < 1.29 is 9.59 Å². The van der Waals surface area contributed by atoms with Gasteiger partial charge in [-0.15, -0.1) is 0 Å². The molecule has 106 valence electrons. The quantitative estimate of drug-likeness (QED) is 0.819. The molecule has 0 spiro atoms. The maximum absolute atomic E-state index is 11.8. The summed E-state index contributed by atoms with van der Waals surface area (Å²) < 4.78 is 0. The van der Waals surface area contributed by atoms with Crippen molar-refractivity contribution >= 4 is 17.9 Å². The van der Waals surface area contributed by atoms with E-state index in [9.17, 15) is 9.59 Å². The van der Waals surface area contributed by atoms with E-state index in [2.05, 4.69) is 29.7 Å². The zero-order chi connectivity index (χ0) is 14.4. The molecule has 1 aliphatic rings. The highest BCUT2D eigenvalue weighted by Gasteiger charge is 2.18. The summed E-state index contributed by atoms with van der Waals surface area (Å²) in [5.74, 6) is -0.0622. The third kappa shape index (κ3) is 4.23. The fourth-order valence-corrected chi connectivity index (χ4v) is 2.14. The molecule has 4 heteroatoms. The minimum Gasteiger partial charge on any atom is -0.354 e. The van der Waals surface area contributed by atoms with Crippen molar-refractivity contribution in [1.82, 2.24) is 10.6 Å². The molecule has 1 aromatic carbocycles. The van der Waals surface area contributed by atoms with Gasteiger partial charge in [-0.2, -0.15) is 0 Å². The standard InChI is InChI=1S/C16H20N2O2/c1-2-12-3-5-13(6-4-12)7-9-16(20)18-14-8-10-15(19)17-11-14/h3-7,9,14H,2,8,10-11H2,1H3,(H,17,19)(H,18,20). The van der Waals surface area contributed by atoms with E-state index in [1.165, 1.54) is 11.6 Å². The Morgan fingerprint density at radius 1 is 1.40 bits per heavy atom. The van der Waals surface area contributed by atoms with Gasteiger partial charge in [0.05, 0.1) is 0 Å². The van der Waals surface area contributed by atoms with E-state index >= 15 is 0 Å². The van der Waals surface area contributed by atoms with E-state index in [4.69, 9.17) is 0 Å². The van der Waals surface area contributed by atoms with Crippen LogP contribution in [0.3, 0.4) is 0 Å². The molecule has 1 aliphatic heterocycles.